The van der Waals surface area contributed by atoms with Gasteiger partial charge in [-0.2, -0.15) is 0 Å². The lowest BCUT2D eigenvalue weighted by Gasteiger charge is -2.01. The minimum Gasteiger partial charge on any atom is -0.359 e. The fraction of sp³-hybridized carbons (Fsp3) is 0.0909. The maximum atomic E-state index is 12.0. The second-order valence-electron chi connectivity index (χ2n) is 3.34. The number of nitrogens with zero attached hydrogens (tertiary/aromatic N) is 2. The van der Waals surface area contributed by atoms with E-state index in [-0.39, 0.29) is 11.4 Å². The smallest absolute Gasteiger partial charge is 0.358 e. The molecule has 1 aliphatic heterocycles. The van der Waals surface area contributed by atoms with Crippen LogP contribution in [0.2, 0.25) is 0 Å². The first kappa shape index (κ1) is 11.0. The normalized spacial score (nSPS) is 16.5. The van der Waals surface area contributed by atoms with Crippen LogP contribution in [0.3, 0.4) is 0 Å². The molecule has 1 aliphatic rings. The number of allylic oxidation sites excluding steroid dienone is 1. The second-order valence-corrected chi connectivity index (χ2v) is 3.34. The van der Waals surface area contributed by atoms with Crippen LogP contribution >= 0.6 is 0 Å². The van der Waals surface area contributed by atoms with Gasteiger partial charge in [0.1, 0.15) is 0 Å². The Balaban J connectivity index is 2.43. The first-order valence-corrected chi connectivity index (χ1v) is 4.95. The van der Waals surface area contributed by atoms with Crippen LogP contribution in [-0.4, -0.2) is 23.5 Å². The molecule has 6 nitrogen and oxygen atoms in total. The van der Waals surface area contributed by atoms with E-state index >= 15 is 0 Å². The van der Waals surface area contributed by atoms with Crippen molar-refractivity contribution in [1.29, 1.82) is 0 Å². The van der Waals surface area contributed by atoms with E-state index in [1.54, 1.807) is 18.2 Å². The van der Waals surface area contributed by atoms with Crippen LogP contribution in [0.5, 0.6) is 0 Å². The predicted molar refractivity (Wildman–Crippen MR) is 61.3 cm³/mol. The summed E-state index contributed by atoms with van der Waals surface area (Å²) in [6.07, 6.45) is 1.48. The van der Waals surface area contributed by atoms with Gasteiger partial charge in [-0.15, -0.1) is 0 Å². The molecule has 0 fully saturated rings. The lowest BCUT2D eigenvalue weighted by atomic mass is 10.1. The quantitative estimate of drug-likeness (QED) is 0.364. The van der Waals surface area contributed by atoms with Crippen LogP contribution in [0.4, 0.5) is 0 Å². The molecule has 0 atom stereocenters. The van der Waals surface area contributed by atoms with E-state index in [1.807, 2.05) is 0 Å². The molecule has 0 saturated heterocycles. The van der Waals surface area contributed by atoms with Gasteiger partial charge in [0.15, 0.2) is 0 Å². The molecule has 0 unspecified atom stereocenters. The van der Waals surface area contributed by atoms with Gasteiger partial charge in [-0.3, -0.25) is 14.9 Å². The highest BCUT2D eigenvalue weighted by Gasteiger charge is 2.29. The van der Waals surface area contributed by atoms with Crippen molar-refractivity contribution >= 4 is 12.0 Å². The van der Waals surface area contributed by atoms with Gasteiger partial charge in [-0.1, -0.05) is 30.3 Å². The highest BCUT2D eigenvalue weighted by atomic mass is 16.6. The molecule has 17 heavy (non-hydrogen) atoms. The standard InChI is InChI=1S/C11H9N3O3/c15-10(8-4-2-1-3-5-8)9(14(16)17)11-12-6-7-13-11/h1-6,13H,7H2. The number of ketones is 1. The van der Waals surface area contributed by atoms with Gasteiger partial charge in [0.05, 0.1) is 11.5 Å². The fourth-order valence-electron chi connectivity index (χ4n) is 1.47. The van der Waals surface area contributed by atoms with Crippen molar-refractivity contribution in [3.8, 4) is 0 Å². The van der Waals surface area contributed by atoms with E-state index in [2.05, 4.69) is 10.3 Å². The summed E-state index contributed by atoms with van der Waals surface area (Å²) in [6.45, 7) is 0.398. The zero-order valence-corrected chi connectivity index (χ0v) is 8.79. The zero-order valence-electron chi connectivity index (χ0n) is 8.79. The Morgan fingerprint density at radius 3 is 2.59 bits per heavy atom. The van der Waals surface area contributed by atoms with Gasteiger partial charge in [0, 0.05) is 11.8 Å². The molecule has 0 aromatic heterocycles. The molecule has 6 heteroatoms. The third kappa shape index (κ3) is 2.20. The lowest BCUT2D eigenvalue weighted by Crippen LogP contribution is -2.19. The SMILES string of the molecule is O=C(C(=C1N=CCN1)[N+](=O)[O-])c1ccccc1. The number of carbonyl (C=O) groups excluding carboxylic acids is 1. The molecule has 86 valence electrons. The van der Waals surface area contributed by atoms with Crippen molar-refractivity contribution < 1.29 is 9.72 Å². The number of hydrogen-bond donors (Lipinski definition) is 1. The number of Topliss-reactive ketones (excluding diaryl/α,β-unsaturated/α-hetero) is 1. The van der Waals surface area contributed by atoms with Crippen LogP contribution in [-0.2, 0) is 0 Å². The van der Waals surface area contributed by atoms with E-state index in [1.165, 1.54) is 18.3 Å². The van der Waals surface area contributed by atoms with E-state index in [0.717, 1.165) is 0 Å². The van der Waals surface area contributed by atoms with Crippen LogP contribution in [0.25, 0.3) is 0 Å². The molecule has 1 N–H and O–H groups in total. The Hall–Kier alpha value is -2.50. The lowest BCUT2D eigenvalue weighted by molar-refractivity contribution is -0.418. The third-order valence-electron chi connectivity index (χ3n) is 2.24. The number of hydrogen-bond acceptors (Lipinski definition) is 5. The Labute approximate surface area is 96.8 Å². The van der Waals surface area contributed by atoms with Crippen molar-refractivity contribution in [2.75, 3.05) is 6.54 Å². The average Bonchev–Trinajstić information content (AvgIpc) is 2.83. The minimum absolute atomic E-state index is 0.0175. The van der Waals surface area contributed by atoms with Gasteiger partial charge < -0.3 is 5.32 Å². The maximum absolute atomic E-state index is 12.0. The molecule has 2 rings (SSSR count). The van der Waals surface area contributed by atoms with Crippen molar-refractivity contribution in [2.24, 2.45) is 4.99 Å². The largest absolute Gasteiger partial charge is 0.359 e. The molecule has 0 spiro atoms. The van der Waals surface area contributed by atoms with E-state index < -0.39 is 16.4 Å². The first-order chi connectivity index (χ1) is 8.20. The Kier molecular flexibility index (Phi) is 2.95. The van der Waals surface area contributed by atoms with Crippen LogP contribution in [0.15, 0.2) is 46.8 Å². The molecular weight excluding hydrogens is 222 g/mol. The Morgan fingerprint density at radius 2 is 2.06 bits per heavy atom. The summed E-state index contributed by atoms with van der Waals surface area (Å²) < 4.78 is 0. The molecule has 0 amide bonds. The summed E-state index contributed by atoms with van der Waals surface area (Å²) in [4.78, 5) is 26.0. The second kappa shape index (κ2) is 4.56. The average molecular weight is 231 g/mol. The van der Waals surface area contributed by atoms with Crippen LogP contribution in [0.1, 0.15) is 10.4 Å². The number of nitrogens with one attached hydrogen (secondary N) is 1. The molecule has 1 aromatic carbocycles. The minimum atomic E-state index is -0.708. The third-order valence-corrected chi connectivity index (χ3v) is 2.24. The topological polar surface area (TPSA) is 84.6 Å². The summed E-state index contributed by atoms with van der Waals surface area (Å²) >= 11 is 0. The zero-order chi connectivity index (χ0) is 12.3. The number of rotatable bonds is 3. The van der Waals surface area contributed by atoms with E-state index in [9.17, 15) is 14.9 Å². The Morgan fingerprint density at radius 1 is 1.35 bits per heavy atom. The van der Waals surface area contributed by atoms with Crippen molar-refractivity contribution in [3.63, 3.8) is 0 Å². The molecule has 0 radical (unpaired) electrons. The molecule has 1 heterocycles. The molecule has 0 saturated carbocycles. The van der Waals surface area contributed by atoms with Gasteiger partial charge in [-0.25, -0.2) is 4.99 Å². The first-order valence-electron chi connectivity index (χ1n) is 4.95. The highest BCUT2D eigenvalue weighted by Crippen LogP contribution is 2.14. The summed E-state index contributed by atoms with van der Waals surface area (Å²) in [5.74, 6) is -0.624. The maximum Gasteiger partial charge on any atom is 0.358 e. The molecule has 0 aliphatic carbocycles. The summed E-state index contributed by atoms with van der Waals surface area (Å²) in [5, 5.41) is 13.6. The van der Waals surface area contributed by atoms with Crippen molar-refractivity contribution in [3.05, 3.63) is 57.5 Å². The van der Waals surface area contributed by atoms with Crippen LogP contribution in [0, 0.1) is 10.1 Å². The number of benzene rings is 1. The fourth-order valence-corrected chi connectivity index (χ4v) is 1.47. The summed E-state index contributed by atoms with van der Waals surface area (Å²) in [7, 11) is 0. The summed E-state index contributed by atoms with van der Waals surface area (Å²) in [6, 6.07) is 8.11. The number of aliphatic imine (C=N–C) groups is 1. The molecule has 1 aromatic rings. The molecular formula is C11H9N3O3. The number of carbonyl (C=O) groups is 1. The van der Waals surface area contributed by atoms with Gasteiger partial charge >= 0.3 is 5.70 Å². The van der Waals surface area contributed by atoms with Gasteiger partial charge in [0.2, 0.25) is 5.82 Å². The summed E-state index contributed by atoms with van der Waals surface area (Å²) in [5.41, 5.74) is -0.249. The Bertz CT molecular complexity index is 520. The van der Waals surface area contributed by atoms with Gasteiger partial charge in [0.25, 0.3) is 5.78 Å². The van der Waals surface area contributed by atoms with E-state index in [0.29, 0.717) is 6.54 Å². The van der Waals surface area contributed by atoms with Crippen LogP contribution < -0.4 is 5.32 Å². The molecule has 0 bridgehead atoms. The van der Waals surface area contributed by atoms with Crippen molar-refractivity contribution in [1.82, 2.24) is 5.32 Å². The predicted octanol–water partition coefficient (Wildman–Crippen LogP) is 0.989. The highest BCUT2D eigenvalue weighted by molar-refractivity contribution is 6.07. The monoisotopic (exact) mass is 231 g/mol. The van der Waals surface area contributed by atoms with Crippen molar-refractivity contribution in [2.45, 2.75) is 0 Å². The van der Waals surface area contributed by atoms with E-state index in [4.69, 9.17) is 0 Å². The van der Waals surface area contributed by atoms with Gasteiger partial charge in [-0.05, 0) is 0 Å². The number of nitro groups is 1.